The number of hydrogen-bond donors (Lipinski definition) is 1. The molecule has 1 unspecified atom stereocenters. The van der Waals surface area contributed by atoms with Crippen molar-refractivity contribution in [2.45, 2.75) is 38.3 Å². The van der Waals surface area contributed by atoms with Crippen molar-refractivity contribution in [3.05, 3.63) is 35.2 Å². The van der Waals surface area contributed by atoms with Gasteiger partial charge < -0.3 is 9.88 Å². The first-order chi connectivity index (χ1) is 11.8. The number of nitrogens with one attached hydrogen (secondary N) is 1. The SMILES string of the molecule is CC(Cc1cncs1)n1ccnc1-c1cn(C2CCNCC2)nn1. The van der Waals surface area contributed by atoms with Crippen LogP contribution in [0.25, 0.3) is 11.5 Å². The number of rotatable bonds is 5. The molecule has 24 heavy (non-hydrogen) atoms. The van der Waals surface area contributed by atoms with E-state index in [1.54, 1.807) is 11.3 Å². The van der Waals surface area contributed by atoms with Gasteiger partial charge in [-0.05, 0) is 32.9 Å². The van der Waals surface area contributed by atoms with E-state index in [0.717, 1.165) is 43.9 Å². The molecule has 7 nitrogen and oxygen atoms in total. The highest BCUT2D eigenvalue weighted by Gasteiger charge is 2.19. The lowest BCUT2D eigenvalue weighted by molar-refractivity contribution is 0.337. The maximum atomic E-state index is 4.52. The summed E-state index contributed by atoms with van der Waals surface area (Å²) in [6.45, 7) is 4.28. The minimum absolute atomic E-state index is 0.298. The van der Waals surface area contributed by atoms with Gasteiger partial charge in [0.15, 0.2) is 5.82 Å². The molecule has 3 aromatic rings. The molecule has 1 saturated heterocycles. The molecule has 3 aromatic heterocycles. The highest BCUT2D eigenvalue weighted by molar-refractivity contribution is 7.09. The Bertz CT molecular complexity index is 770. The summed E-state index contributed by atoms with van der Waals surface area (Å²) in [7, 11) is 0. The first-order valence-electron chi connectivity index (χ1n) is 8.34. The first-order valence-corrected chi connectivity index (χ1v) is 9.22. The Kier molecular flexibility index (Phi) is 4.40. The second kappa shape index (κ2) is 6.82. The Morgan fingerprint density at radius 2 is 2.25 bits per heavy atom. The van der Waals surface area contributed by atoms with Crippen LogP contribution in [-0.2, 0) is 6.42 Å². The van der Waals surface area contributed by atoms with Gasteiger partial charge in [-0.3, -0.25) is 4.98 Å². The number of nitrogens with zero attached hydrogens (tertiary/aromatic N) is 6. The monoisotopic (exact) mass is 343 g/mol. The highest BCUT2D eigenvalue weighted by atomic mass is 32.1. The molecule has 0 radical (unpaired) electrons. The molecule has 1 fully saturated rings. The van der Waals surface area contributed by atoms with Crippen molar-refractivity contribution in [3.8, 4) is 11.5 Å². The Hall–Kier alpha value is -2.06. The van der Waals surface area contributed by atoms with Gasteiger partial charge in [-0.1, -0.05) is 5.21 Å². The van der Waals surface area contributed by atoms with Gasteiger partial charge in [-0.15, -0.1) is 16.4 Å². The largest absolute Gasteiger partial charge is 0.326 e. The number of imidazole rings is 1. The predicted octanol–water partition coefficient (Wildman–Crippen LogP) is 2.33. The van der Waals surface area contributed by atoms with Crippen LogP contribution in [-0.4, -0.2) is 42.6 Å². The third kappa shape index (κ3) is 3.11. The van der Waals surface area contributed by atoms with Crippen molar-refractivity contribution < 1.29 is 0 Å². The van der Waals surface area contributed by atoms with Gasteiger partial charge in [0.1, 0.15) is 5.69 Å². The lowest BCUT2D eigenvalue weighted by Gasteiger charge is -2.22. The normalized spacial score (nSPS) is 17.2. The molecule has 1 aliphatic rings. The molecule has 0 saturated carbocycles. The molecule has 1 N–H and O–H groups in total. The zero-order valence-corrected chi connectivity index (χ0v) is 14.5. The third-order valence-electron chi connectivity index (χ3n) is 4.55. The van der Waals surface area contributed by atoms with Gasteiger partial charge >= 0.3 is 0 Å². The van der Waals surface area contributed by atoms with Gasteiger partial charge in [0, 0.05) is 35.9 Å². The number of piperidine rings is 1. The van der Waals surface area contributed by atoms with E-state index in [9.17, 15) is 0 Å². The molecule has 0 aliphatic carbocycles. The van der Waals surface area contributed by atoms with Crippen LogP contribution < -0.4 is 5.32 Å². The Labute approximate surface area is 144 Å². The van der Waals surface area contributed by atoms with Crippen LogP contribution in [0, 0.1) is 0 Å². The predicted molar refractivity (Wildman–Crippen MR) is 92.9 cm³/mol. The summed E-state index contributed by atoms with van der Waals surface area (Å²) in [6.07, 6.45) is 11.0. The van der Waals surface area contributed by atoms with Crippen molar-refractivity contribution in [2.24, 2.45) is 0 Å². The summed E-state index contributed by atoms with van der Waals surface area (Å²) in [6, 6.07) is 0.734. The highest BCUT2D eigenvalue weighted by Crippen LogP contribution is 2.24. The lowest BCUT2D eigenvalue weighted by Crippen LogP contribution is -2.29. The van der Waals surface area contributed by atoms with Crippen molar-refractivity contribution in [1.29, 1.82) is 0 Å². The van der Waals surface area contributed by atoms with Crippen molar-refractivity contribution in [2.75, 3.05) is 13.1 Å². The molecule has 0 bridgehead atoms. The zero-order valence-electron chi connectivity index (χ0n) is 13.7. The van der Waals surface area contributed by atoms with E-state index < -0.39 is 0 Å². The molecular weight excluding hydrogens is 322 g/mol. The van der Waals surface area contributed by atoms with E-state index in [-0.39, 0.29) is 0 Å². The molecular formula is C16H21N7S. The fourth-order valence-corrected chi connectivity index (χ4v) is 3.94. The molecule has 0 amide bonds. The van der Waals surface area contributed by atoms with Crippen LogP contribution in [0.3, 0.4) is 0 Å². The van der Waals surface area contributed by atoms with Crippen molar-refractivity contribution in [1.82, 2.24) is 34.8 Å². The fraction of sp³-hybridized carbons (Fsp3) is 0.500. The van der Waals surface area contributed by atoms with E-state index in [2.05, 4.69) is 37.1 Å². The van der Waals surface area contributed by atoms with Gasteiger partial charge in [0.05, 0.1) is 17.7 Å². The molecule has 4 heterocycles. The van der Waals surface area contributed by atoms with E-state index in [1.807, 2.05) is 35.0 Å². The summed E-state index contributed by atoms with van der Waals surface area (Å²) < 4.78 is 4.18. The molecule has 4 rings (SSSR count). The van der Waals surface area contributed by atoms with Gasteiger partial charge in [0.2, 0.25) is 0 Å². The number of hydrogen-bond acceptors (Lipinski definition) is 6. The maximum Gasteiger partial charge on any atom is 0.162 e. The van der Waals surface area contributed by atoms with Crippen LogP contribution in [0.1, 0.15) is 36.7 Å². The van der Waals surface area contributed by atoms with Crippen molar-refractivity contribution >= 4 is 11.3 Å². The molecule has 1 atom stereocenters. The minimum Gasteiger partial charge on any atom is -0.326 e. The smallest absolute Gasteiger partial charge is 0.162 e. The van der Waals surface area contributed by atoms with E-state index in [4.69, 9.17) is 0 Å². The molecule has 8 heteroatoms. The second-order valence-corrected chi connectivity index (χ2v) is 7.21. The first kappa shape index (κ1) is 15.5. The van der Waals surface area contributed by atoms with Gasteiger partial charge in [-0.25, -0.2) is 9.67 Å². The van der Waals surface area contributed by atoms with Crippen LogP contribution in [0.5, 0.6) is 0 Å². The quantitative estimate of drug-likeness (QED) is 0.770. The van der Waals surface area contributed by atoms with Crippen LogP contribution in [0.15, 0.2) is 30.3 Å². The zero-order chi connectivity index (χ0) is 16.4. The molecule has 0 aromatic carbocycles. The second-order valence-electron chi connectivity index (χ2n) is 6.24. The number of thiazole rings is 1. The summed E-state index contributed by atoms with van der Waals surface area (Å²) in [5.74, 6) is 0.882. The van der Waals surface area contributed by atoms with E-state index >= 15 is 0 Å². The van der Waals surface area contributed by atoms with E-state index in [0.29, 0.717) is 12.1 Å². The van der Waals surface area contributed by atoms with Gasteiger partial charge in [0.25, 0.3) is 0 Å². The standard InChI is InChI=1S/C16H21N7S/c1-12(8-14-9-18-11-24-14)22-7-6-19-16(22)15-10-23(21-20-15)13-2-4-17-5-3-13/h6-7,9-13,17H,2-5,8H2,1H3. The summed E-state index contributed by atoms with van der Waals surface area (Å²) in [5.41, 5.74) is 2.72. The van der Waals surface area contributed by atoms with Crippen LogP contribution >= 0.6 is 11.3 Å². The Morgan fingerprint density at radius 3 is 3.04 bits per heavy atom. The van der Waals surface area contributed by atoms with Crippen LogP contribution in [0.2, 0.25) is 0 Å². The topological polar surface area (TPSA) is 73.5 Å². The summed E-state index contributed by atoms with van der Waals surface area (Å²) in [5, 5.41) is 12.1. The lowest BCUT2D eigenvalue weighted by atomic mass is 10.1. The van der Waals surface area contributed by atoms with E-state index in [1.165, 1.54) is 4.88 Å². The Balaban J connectivity index is 1.54. The van der Waals surface area contributed by atoms with Crippen molar-refractivity contribution in [3.63, 3.8) is 0 Å². The average molecular weight is 343 g/mol. The number of aromatic nitrogens is 6. The summed E-state index contributed by atoms with van der Waals surface area (Å²) >= 11 is 1.69. The Morgan fingerprint density at radius 1 is 1.38 bits per heavy atom. The third-order valence-corrected chi connectivity index (χ3v) is 5.35. The fourth-order valence-electron chi connectivity index (χ4n) is 3.23. The molecule has 1 aliphatic heterocycles. The average Bonchev–Trinajstić information content (AvgIpc) is 3.36. The minimum atomic E-state index is 0.298. The molecule has 0 spiro atoms. The van der Waals surface area contributed by atoms with Crippen LogP contribution in [0.4, 0.5) is 0 Å². The van der Waals surface area contributed by atoms with Gasteiger partial charge in [-0.2, -0.15) is 0 Å². The summed E-state index contributed by atoms with van der Waals surface area (Å²) in [4.78, 5) is 9.95. The molecule has 126 valence electrons. The maximum absolute atomic E-state index is 4.52.